The smallest absolute Gasteiger partial charge is 0.274 e. The Balaban J connectivity index is 1.66. The number of hydrogen-bond acceptors (Lipinski definition) is 3. The van der Waals surface area contributed by atoms with Gasteiger partial charge in [-0.1, -0.05) is 17.7 Å². The van der Waals surface area contributed by atoms with Gasteiger partial charge in [-0.2, -0.15) is 5.10 Å². The molecule has 4 rings (SSSR count). The second-order valence-corrected chi connectivity index (χ2v) is 6.41. The van der Waals surface area contributed by atoms with Crippen molar-refractivity contribution in [3.8, 4) is 0 Å². The van der Waals surface area contributed by atoms with Crippen LogP contribution in [0.2, 0.25) is 5.15 Å². The van der Waals surface area contributed by atoms with Crippen molar-refractivity contribution in [3.63, 3.8) is 0 Å². The molecule has 0 aromatic carbocycles. The lowest BCUT2D eigenvalue weighted by Gasteiger charge is -2.35. The molecule has 1 saturated heterocycles. The molecule has 0 bridgehead atoms. The number of pyridine rings is 1. The first-order valence-corrected chi connectivity index (χ1v) is 8.53. The van der Waals surface area contributed by atoms with Gasteiger partial charge in [0.05, 0.1) is 12.6 Å². The minimum Gasteiger partial charge on any atom is -0.332 e. The zero-order valence-corrected chi connectivity index (χ0v) is 13.9. The topological polar surface area (TPSA) is 55.4 Å². The number of carbonyl (C=O) groups is 1. The van der Waals surface area contributed by atoms with Gasteiger partial charge in [0.25, 0.3) is 5.91 Å². The first-order valence-electron chi connectivity index (χ1n) is 8.15. The molecule has 1 fully saturated rings. The number of fused-ring (bicyclic) bond motifs is 1. The zero-order chi connectivity index (χ0) is 16.5. The summed E-state index contributed by atoms with van der Waals surface area (Å²) in [5, 5.41) is 4.53. The molecule has 0 unspecified atom stereocenters. The molecule has 7 heteroatoms. The van der Waals surface area contributed by atoms with E-state index in [9.17, 15) is 4.79 Å². The van der Waals surface area contributed by atoms with Crippen LogP contribution in [0.1, 0.15) is 29.8 Å². The number of nitrogens with zero attached hydrogens (tertiary/aromatic N) is 5. The molecule has 0 aliphatic carbocycles. The Bertz CT molecular complexity index is 857. The Labute approximate surface area is 144 Å². The molecule has 124 valence electrons. The third-order valence-corrected chi connectivity index (χ3v) is 4.80. The normalized spacial score (nSPS) is 18.2. The molecule has 0 spiro atoms. The molecule has 24 heavy (non-hydrogen) atoms. The highest BCUT2D eigenvalue weighted by Crippen LogP contribution is 2.25. The predicted molar refractivity (Wildman–Crippen MR) is 91.1 cm³/mol. The van der Waals surface area contributed by atoms with Crippen molar-refractivity contribution < 1.29 is 4.79 Å². The van der Waals surface area contributed by atoms with Crippen molar-refractivity contribution in [1.82, 2.24) is 24.1 Å². The van der Waals surface area contributed by atoms with Gasteiger partial charge in [0.1, 0.15) is 5.65 Å². The van der Waals surface area contributed by atoms with Gasteiger partial charge in [-0.3, -0.25) is 13.9 Å². The molecule has 1 aliphatic rings. The lowest BCUT2D eigenvalue weighted by atomic mass is 10.0. The van der Waals surface area contributed by atoms with E-state index in [4.69, 9.17) is 11.6 Å². The van der Waals surface area contributed by atoms with Gasteiger partial charge >= 0.3 is 0 Å². The maximum absolute atomic E-state index is 13.2. The van der Waals surface area contributed by atoms with E-state index in [-0.39, 0.29) is 17.1 Å². The van der Waals surface area contributed by atoms with E-state index in [0.717, 1.165) is 25.8 Å². The summed E-state index contributed by atoms with van der Waals surface area (Å²) in [6.45, 7) is 1.44. The van der Waals surface area contributed by atoms with Crippen LogP contribution >= 0.6 is 11.6 Å². The van der Waals surface area contributed by atoms with E-state index < -0.39 is 0 Å². The molecule has 1 atom stereocenters. The van der Waals surface area contributed by atoms with E-state index in [1.807, 2.05) is 46.2 Å². The van der Waals surface area contributed by atoms with Crippen LogP contribution in [-0.4, -0.2) is 42.6 Å². The van der Waals surface area contributed by atoms with Gasteiger partial charge < -0.3 is 4.90 Å². The molecular formula is C17H18ClN5O. The fourth-order valence-corrected chi connectivity index (χ4v) is 3.64. The average Bonchev–Trinajstić information content (AvgIpc) is 3.21. The van der Waals surface area contributed by atoms with Crippen LogP contribution in [-0.2, 0) is 6.54 Å². The summed E-state index contributed by atoms with van der Waals surface area (Å²) in [4.78, 5) is 19.4. The minimum absolute atomic E-state index is 0.0597. The fraction of sp³-hybridized carbons (Fsp3) is 0.353. The highest BCUT2D eigenvalue weighted by molar-refractivity contribution is 6.32. The summed E-state index contributed by atoms with van der Waals surface area (Å²) < 4.78 is 3.65. The van der Waals surface area contributed by atoms with E-state index in [1.54, 1.807) is 10.6 Å². The Morgan fingerprint density at radius 2 is 2.17 bits per heavy atom. The molecule has 0 saturated carbocycles. The lowest BCUT2D eigenvalue weighted by Crippen LogP contribution is -2.46. The Hall–Kier alpha value is -2.34. The van der Waals surface area contributed by atoms with Crippen LogP contribution in [0.4, 0.5) is 0 Å². The number of imidazole rings is 1. The van der Waals surface area contributed by atoms with E-state index in [1.165, 1.54) is 0 Å². The number of likely N-dealkylation sites (tertiary alicyclic amines) is 1. The van der Waals surface area contributed by atoms with E-state index in [0.29, 0.717) is 17.9 Å². The molecule has 3 aromatic heterocycles. The maximum Gasteiger partial charge on any atom is 0.274 e. The maximum atomic E-state index is 13.2. The first-order chi connectivity index (χ1) is 11.7. The standard InChI is InChI=1S/C17H18ClN5O/c18-16-15(23-11-4-2-7-14(23)20-16)17(24)22-10-3-1-6-13(22)12-21-9-5-8-19-21/h2,4-5,7-9,11,13H,1,3,6,10,12H2/t13-/m1/s1. The van der Waals surface area contributed by atoms with Crippen molar-refractivity contribution in [2.24, 2.45) is 0 Å². The highest BCUT2D eigenvalue weighted by atomic mass is 35.5. The number of hydrogen-bond donors (Lipinski definition) is 0. The molecule has 0 radical (unpaired) electrons. The fourth-order valence-electron chi connectivity index (χ4n) is 3.38. The lowest BCUT2D eigenvalue weighted by molar-refractivity contribution is 0.0577. The summed E-state index contributed by atoms with van der Waals surface area (Å²) in [5.74, 6) is -0.0597. The van der Waals surface area contributed by atoms with Gasteiger partial charge in [-0.25, -0.2) is 4.98 Å². The first kappa shape index (κ1) is 15.2. The van der Waals surface area contributed by atoms with Crippen LogP contribution < -0.4 is 0 Å². The number of piperidine rings is 1. The second kappa shape index (κ2) is 6.28. The van der Waals surface area contributed by atoms with Gasteiger partial charge in [0, 0.05) is 25.1 Å². The molecule has 4 heterocycles. The monoisotopic (exact) mass is 343 g/mol. The number of carbonyl (C=O) groups excluding carboxylic acids is 1. The van der Waals surface area contributed by atoms with Gasteiger partial charge in [0.15, 0.2) is 10.8 Å². The van der Waals surface area contributed by atoms with Crippen LogP contribution in [0.5, 0.6) is 0 Å². The Kier molecular flexibility index (Phi) is 3.98. The van der Waals surface area contributed by atoms with Crippen molar-refractivity contribution in [1.29, 1.82) is 0 Å². The second-order valence-electron chi connectivity index (χ2n) is 6.06. The van der Waals surface area contributed by atoms with E-state index in [2.05, 4.69) is 10.1 Å². The summed E-state index contributed by atoms with van der Waals surface area (Å²) in [6.07, 6.45) is 8.62. The summed E-state index contributed by atoms with van der Waals surface area (Å²) in [5.41, 5.74) is 1.13. The number of aromatic nitrogens is 4. The van der Waals surface area contributed by atoms with Gasteiger partial charge in [0.2, 0.25) is 0 Å². The van der Waals surface area contributed by atoms with Gasteiger partial charge in [-0.15, -0.1) is 0 Å². The molecular weight excluding hydrogens is 326 g/mol. The Morgan fingerprint density at radius 1 is 1.25 bits per heavy atom. The third kappa shape index (κ3) is 2.67. The van der Waals surface area contributed by atoms with Crippen molar-refractivity contribution in [2.75, 3.05) is 6.54 Å². The van der Waals surface area contributed by atoms with Crippen LogP contribution in [0.15, 0.2) is 42.9 Å². The molecule has 1 aliphatic heterocycles. The molecule has 1 amide bonds. The van der Waals surface area contributed by atoms with Crippen LogP contribution in [0, 0.1) is 0 Å². The molecule has 3 aromatic rings. The molecule has 0 N–H and O–H groups in total. The van der Waals surface area contributed by atoms with Crippen molar-refractivity contribution >= 4 is 23.2 Å². The summed E-state index contributed by atoms with van der Waals surface area (Å²) in [7, 11) is 0. The summed E-state index contributed by atoms with van der Waals surface area (Å²) >= 11 is 6.28. The Morgan fingerprint density at radius 3 is 3.00 bits per heavy atom. The number of halogens is 1. The highest BCUT2D eigenvalue weighted by Gasteiger charge is 2.31. The summed E-state index contributed by atoms with van der Waals surface area (Å²) in [6, 6.07) is 7.63. The molecule has 6 nitrogen and oxygen atoms in total. The minimum atomic E-state index is -0.0597. The number of rotatable bonds is 3. The average molecular weight is 344 g/mol. The van der Waals surface area contributed by atoms with Crippen LogP contribution in [0.25, 0.3) is 5.65 Å². The SMILES string of the molecule is O=C(c1c(Cl)nc2ccccn12)N1CCCC[C@@H]1Cn1cccn1. The largest absolute Gasteiger partial charge is 0.332 e. The van der Waals surface area contributed by atoms with Crippen molar-refractivity contribution in [2.45, 2.75) is 31.8 Å². The zero-order valence-electron chi connectivity index (χ0n) is 13.2. The third-order valence-electron chi connectivity index (χ3n) is 4.53. The number of amides is 1. The predicted octanol–water partition coefficient (Wildman–Crippen LogP) is 2.88. The quantitative estimate of drug-likeness (QED) is 0.734. The van der Waals surface area contributed by atoms with E-state index >= 15 is 0 Å². The van der Waals surface area contributed by atoms with Crippen LogP contribution in [0.3, 0.4) is 0 Å². The van der Waals surface area contributed by atoms with Gasteiger partial charge in [-0.05, 0) is 37.5 Å². The van der Waals surface area contributed by atoms with Crippen molar-refractivity contribution in [3.05, 3.63) is 53.7 Å².